The van der Waals surface area contributed by atoms with Crippen molar-refractivity contribution in [2.75, 3.05) is 19.8 Å². The zero-order valence-electron chi connectivity index (χ0n) is 16.4. The van der Waals surface area contributed by atoms with E-state index >= 15 is 0 Å². The van der Waals surface area contributed by atoms with Crippen LogP contribution in [0.4, 0.5) is 0 Å². The Bertz CT molecular complexity index is 797. The number of unbranched alkanes of at least 4 members (excludes halogenated alkanes) is 3. The molecule has 0 spiro atoms. The average molecular weight is 384 g/mol. The van der Waals surface area contributed by atoms with E-state index in [1.807, 2.05) is 6.07 Å². The topological polar surface area (TPSA) is 61.8 Å². The Morgan fingerprint density at radius 1 is 0.893 bits per heavy atom. The van der Waals surface area contributed by atoms with Crippen molar-refractivity contribution in [2.45, 2.75) is 39.0 Å². The Labute approximate surface area is 166 Å². The first kappa shape index (κ1) is 21.5. The van der Waals surface area contributed by atoms with Crippen molar-refractivity contribution in [3.63, 3.8) is 0 Å². The molecule has 5 nitrogen and oxygen atoms in total. The number of carbonyl (C=O) groups is 2. The minimum Gasteiger partial charge on any atom is -0.494 e. The molecular weight excluding hydrogens is 356 g/mol. The zero-order chi connectivity index (χ0) is 20.2. The number of benzene rings is 2. The standard InChI is InChI=1S/C23H28O5/c1-3-22(24)28-15-12-23(25)27-14-7-5-4-6-13-26-21-11-10-19-16-18(2)8-9-20(19)17-21/h3,8-11,16-17H,1,4-7,12-15H2,2H3. The van der Waals surface area contributed by atoms with Crippen LogP contribution in [0.1, 0.15) is 37.7 Å². The van der Waals surface area contributed by atoms with Gasteiger partial charge in [0.25, 0.3) is 0 Å². The smallest absolute Gasteiger partial charge is 0.330 e. The van der Waals surface area contributed by atoms with Crippen molar-refractivity contribution >= 4 is 22.7 Å². The van der Waals surface area contributed by atoms with Gasteiger partial charge in [-0.3, -0.25) is 4.79 Å². The summed E-state index contributed by atoms with van der Waals surface area (Å²) < 4.78 is 15.7. The zero-order valence-corrected chi connectivity index (χ0v) is 16.4. The van der Waals surface area contributed by atoms with Crippen LogP contribution in [0.25, 0.3) is 10.8 Å². The van der Waals surface area contributed by atoms with E-state index in [1.165, 1.54) is 16.3 Å². The summed E-state index contributed by atoms with van der Waals surface area (Å²) in [4.78, 5) is 22.3. The van der Waals surface area contributed by atoms with Crippen molar-refractivity contribution in [2.24, 2.45) is 0 Å². The molecule has 0 bridgehead atoms. The molecule has 2 aromatic rings. The summed E-state index contributed by atoms with van der Waals surface area (Å²) in [7, 11) is 0. The Kier molecular flexibility index (Phi) is 9.05. The molecule has 0 N–H and O–H groups in total. The fourth-order valence-electron chi connectivity index (χ4n) is 2.73. The molecule has 0 saturated heterocycles. The number of esters is 2. The van der Waals surface area contributed by atoms with E-state index in [-0.39, 0.29) is 19.0 Å². The molecule has 2 aromatic carbocycles. The molecule has 0 aliphatic heterocycles. The predicted octanol–water partition coefficient (Wildman–Crippen LogP) is 4.75. The van der Waals surface area contributed by atoms with Gasteiger partial charge in [0.05, 0.1) is 19.6 Å². The van der Waals surface area contributed by atoms with Gasteiger partial charge < -0.3 is 14.2 Å². The molecule has 0 heterocycles. The molecule has 0 unspecified atom stereocenters. The lowest BCUT2D eigenvalue weighted by molar-refractivity contribution is -0.147. The van der Waals surface area contributed by atoms with Crippen molar-refractivity contribution < 1.29 is 23.8 Å². The molecule has 0 aliphatic carbocycles. The van der Waals surface area contributed by atoms with E-state index < -0.39 is 5.97 Å². The quantitative estimate of drug-likeness (QED) is 0.300. The number of hydrogen-bond acceptors (Lipinski definition) is 5. The van der Waals surface area contributed by atoms with E-state index in [0.717, 1.165) is 37.5 Å². The van der Waals surface area contributed by atoms with Crippen LogP contribution in [0.15, 0.2) is 49.1 Å². The summed E-state index contributed by atoms with van der Waals surface area (Å²) in [6, 6.07) is 12.5. The third-order valence-electron chi connectivity index (χ3n) is 4.25. The van der Waals surface area contributed by atoms with Gasteiger partial charge in [0.2, 0.25) is 0 Å². The Balaban J connectivity index is 1.50. The van der Waals surface area contributed by atoms with E-state index in [0.29, 0.717) is 13.2 Å². The van der Waals surface area contributed by atoms with Gasteiger partial charge >= 0.3 is 11.9 Å². The van der Waals surface area contributed by atoms with Crippen LogP contribution < -0.4 is 4.74 Å². The van der Waals surface area contributed by atoms with Gasteiger partial charge in [-0.05, 0) is 55.5 Å². The maximum absolute atomic E-state index is 11.5. The second kappa shape index (κ2) is 11.8. The van der Waals surface area contributed by atoms with Crippen LogP contribution in [0.5, 0.6) is 5.75 Å². The van der Waals surface area contributed by atoms with E-state index in [2.05, 4.69) is 43.8 Å². The molecule has 0 aliphatic rings. The number of rotatable bonds is 12. The van der Waals surface area contributed by atoms with Gasteiger partial charge in [-0.2, -0.15) is 0 Å². The van der Waals surface area contributed by atoms with E-state index in [1.54, 1.807) is 0 Å². The van der Waals surface area contributed by atoms with Crippen LogP contribution in [0, 0.1) is 6.92 Å². The number of fused-ring (bicyclic) bond motifs is 1. The molecular formula is C23H28O5. The van der Waals surface area contributed by atoms with Crippen molar-refractivity contribution in [3.05, 3.63) is 54.6 Å². The van der Waals surface area contributed by atoms with Crippen LogP contribution >= 0.6 is 0 Å². The predicted molar refractivity (Wildman–Crippen MR) is 109 cm³/mol. The highest BCUT2D eigenvalue weighted by molar-refractivity contribution is 5.84. The van der Waals surface area contributed by atoms with E-state index in [4.69, 9.17) is 14.2 Å². The molecule has 0 saturated carbocycles. The largest absolute Gasteiger partial charge is 0.494 e. The van der Waals surface area contributed by atoms with Gasteiger partial charge in [-0.1, -0.05) is 36.4 Å². The fourth-order valence-corrected chi connectivity index (χ4v) is 2.73. The Morgan fingerprint density at radius 2 is 1.61 bits per heavy atom. The lowest BCUT2D eigenvalue weighted by atomic mass is 10.1. The van der Waals surface area contributed by atoms with Crippen molar-refractivity contribution in [1.29, 1.82) is 0 Å². The van der Waals surface area contributed by atoms with Gasteiger partial charge in [0.15, 0.2) is 0 Å². The number of hydrogen-bond donors (Lipinski definition) is 0. The van der Waals surface area contributed by atoms with E-state index in [9.17, 15) is 9.59 Å². The van der Waals surface area contributed by atoms with Crippen LogP contribution in [-0.4, -0.2) is 31.8 Å². The van der Waals surface area contributed by atoms with Crippen LogP contribution in [0.2, 0.25) is 0 Å². The number of aryl methyl sites for hydroxylation is 1. The first-order valence-corrected chi connectivity index (χ1v) is 9.66. The average Bonchev–Trinajstić information content (AvgIpc) is 2.69. The summed E-state index contributed by atoms with van der Waals surface area (Å²) in [6.07, 6.45) is 4.89. The molecule has 0 aromatic heterocycles. The second-order valence-corrected chi connectivity index (χ2v) is 6.62. The molecule has 28 heavy (non-hydrogen) atoms. The monoisotopic (exact) mass is 384 g/mol. The maximum atomic E-state index is 11.5. The third kappa shape index (κ3) is 7.82. The Hall–Kier alpha value is -2.82. The molecule has 2 rings (SSSR count). The summed E-state index contributed by atoms with van der Waals surface area (Å²) in [5, 5.41) is 2.41. The normalized spacial score (nSPS) is 10.5. The Morgan fingerprint density at radius 3 is 2.39 bits per heavy atom. The first-order chi connectivity index (χ1) is 13.6. The van der Waals surface area contributed by atoms with Crippen LogP contribution in [0.3, 0.4) is 0 Å². The molecule has 150 valence electrons. The highest BCUT2D eigenvalue weighted by atomic mass is 16.5. The van der Waals surface area contributed by atoms with Gasteiger partial charge in [-0.25, -0.2) is 4.79 Å². The lowest BCUT2D eigenvalue weighted by Crippen LogP contribution is -2.11. The SMILES string of the molecule is C=CC(=O)OCCC(=O)OCCCCCCOc1ccc2cc(C)ccc2c1. The summed E-state index contributed by atoms with van der Waals surface area (Å²) in [6.45, 7) is 6.45. The lowest BCUT2D eigenvalue weighted by Gasteiger charge is -2.08. The maximum Gasteiger partial charge on any atom is 0.330 e. The molecule has 0 fully saturated rings. The van der Waals surface area contributed by atoms with Crippen molar-refractivity contribution in [1.82, 2.24) is 0 Å². The first-order valence-electron chi connectivity index (χ1n) is 9.66. The second-order valence-electron chi connectivity index (χ2n) is 6.62. The minimum absolute atomic E-state index is 0.0232. The fraction of sp³-hybridized carbons (Fsp3) is 0.391. The third-order valence-corrected chi connectivity index (χ3v) is 4.25. The number of carbonyl (C=O) groups excluding carboxylic acids is 2. The minimum atomic E-state index is -0.534. The summed E-state index contributed by atoms with van der Waals surface area (Å²) in [5.74, 6) is 0.00272. The summed E-state index contributed by atoms with van der Waals surface area (Å²) in [5.41, 5.74) is 1.25. The van der Waals surface area contributed by atoms with Gasteiger partial charge in [0, 0.05) is 6.08 Å². The van der Waals surface area contributed by atoms with Crippen LogP contribution in [-0.2, 0) is 19.1 Å². The molecule has 0 atom stereocenters. The van der Waals surface area contributed by atoms with Crippen molar-refractivity contribution in [3.8, 4) is 5.75 Å². The highest BCUT2D eigenvalue weighted by Gasteiger charge is 2.04. The molecule has 0 radical (unpaired) electrons. The van der Waals surface area contributed by atoms with Gasteiger partial charge in [-0.15, -0.1) is 0 Å². The summed E-state index contributed by atoms with van der Waals surface area (Å²) >= 11 is 0. The van der Waals surface area contributed by atoms with Gasteiger partial charge in [0.1, 0.15) is 12.4 Å². The molecule has 5 heteroatoms. The molecule has 0 amide bonds. The number of ether oxygens (including phenoxy) is 3. The highest BCUT2D eigenvalue weighted by Crippen LogP contribution is 2.22.